The van der Waals surface area contributed by atoms with E-state index in [0.717, 1.165) is 50.4 Å². The molecular formula is C22H36N2O5S. The van der Waals surface area contributed by atoms with Gasteiger partial charge in [0.25, 0.3) is 0 Å². The number of nitrogens with zero attached hydrogens (tertiary/aromatic N) is 1. The molecule has 170 valence electrons. The van der Waals surface area contributed by atoms with Crippen LogP contribution in [0.3, 0.4) is 0 Å². The molecule has 1 aliphatic carbocycles. The highest BCUT2D eigenvalue weighted by atomic mass is 32.3. The molecule has 1 aromatic rings. The first-order valence-corrected chi connectivity index (χ1v) is 12.0. The molecule has 1 heterocycles. The molecule has 8 heteroatoms. The topological polar surface area (TPSA) is 84.9 Å². The number of hydrogen-bond donors (Lipinski definition) is 1. The van der Waals surface area contributed by atoms with Crippen LogP contribution in [0.2, 0.25) is 0 Å². The van der Waals surface area contributed by atoms with Crippen LogP contribution in [0.4, 0.5) is 5.69 Å². The monoisotopic (exact) mass is 440 g/mol. The quantitative estimate of drug-likeness (QED) is 0.748. The number of anilines is 1. The van der Waals surface area contributed by atoms with E-state index in [4.69, 9.17) is 0 Å². The Hall–Kier alpha value is -1.48. The molecule has 1 saturated heterocycles. The van der Waals surface area contributed by atoms with E-state index in [9.17, 15) is 13.2 Å². The van der Waals surface area contributed by atoms with Crippen LogP contribution in [0.25, 0.3) is 0 Å². The molecule has 0 radical (unpaired) electrons. The lowest BCUT2D eigenvalue weighted by atomic mass is 9.93. The van der Waals surface area contributed by atoms with Crippen molar-refractivity contribution in [2.75, 3.05) is 26.1 Å². The predicted octanol–water partition coefficient (Wildman–Crippen LogP) is 3.87. The second-order valence-corrected chi connectivity index (χ2v) is 9.68. The summed E-state index contributed by atoms with van der Waals surface area (Å²) in [5.74, 6) is 0.197. The molecular weight excluding hydrogens is 404 g/mol. The highest BCUT2D eigenvalue weighted by molar-refractivity contribution is 7.81. The zero-order valence-corrected chi connectivity index (χ0v) is 19.7. The molecule has 1 saturated carbocycles. The van der Waals surface area contributed by atoms with Crippen LogP contribution in [-0.2, 0) is 23.6 Å². The lowest BCUT2D eigenvalue weighted by Gasteiger charge is -2.35. The van der Waals surface area contributed by atoms with Gasteiger partial charge in [-0.2, -0.15) is 8.42 Å². The SMILES string of the molecule is COS(=O)(=O)OC.Cc1cc(C)c(NC(=O)C2CCCN2C2CCCCC2)c(C)c1. The van der Waals surface area contributed by atoms with Gasteiger partial charge in [-0.25, -0.2) is 0 Å². The summed E-state index contributed by atoms with van der Waals surface area (Å²) in [6, 6.07) is 4.99. The number of carbonyl (C=O) groups excluding carboxylic acids is 1. The molecule has 2 fully saturated rings. The number of nitrogens with one attached hydrogen (secondary N) is 1. The predicted molar refractivity (Wildman–Crippen MR) is 119 cm³/mol. The summed E-state index contributed by atoms with van der Waals surface area (Å²) in [5, 5.41) is 3.24. The number of benzene rings is 1. The Morgan fingerprint density at radius 2 is 1.53 bits per heavy atom. The van der Waals surface area contributed by atoms with E-state index < -0.39 is 10.4 Å². The van der Waals surface area contributed by atoms with Crippen LogP contribution in [0.5, 0.6) is 0 Å². The van der Waals surface area contributed by atoms with Crippen LogP contribution in [0.1, 0.15) is 61.6 Å². The molecule has 1 amide bonds. The highest BCUT2D eigenvalue weighted by Gasteiger charge is 2.35. The van der Waals surface area contributed by atoms with Crippen molar-refractivity contribution in [1.82, 2.24) is 4.90 Å². The van der Waals surface area contributed by atoms with Crippen molar-refractivity contribution in [3.05, 3.63) is 28.8 Å². The molecule has 1 aromatic carbocycles. The number of rotatable bonds is 5. The maximum absolute atomic E-state index is 12.9. The lowest BCUT2D eigenvalue weighted by molar-refractivity contribution is -0.121. The molecule has 0 spiro atoms. The van der Waals surface area contributed by atoms with Crippen molar-refractivity contribution >= 4 is 22.0 Å². The molecule has 1 atom stereocenters. The van der Waals surface area contributed by atoms with Crippen molar-refractivity contribution in [2.24, 2.45) is 0 Å². The molecule has 1 unspecified atom stereocenters. The maximum atomic E-state index is 12.9. The second-order valence-electron chi connectivity index (χ2n) is 8.19. The van der Waals surface area contributed by atoms with E-state index in [1.165, 1.54) is 37.7 Å². The molecule has 3 rings (SSSR count). The fourth-order valence-corrected chi connectivity index (χ4v) is 4.71. The average molecular weight is 441 g/mol. The fourth-order valence-electron chi connectivity index (χ4n) is 4.57. The second kappa shape index (κ2) is 11.2. The van der Waals surface area contributed by atoms with Crippen LogP contribution < -0.4 is 5.32 Å². The normalized spacial score (nSPS) is 20.5. The van der Waals surface area contributed by atoms with Gasteiger partial charge in [0, 0.05) is 11.7 Å². The number of hydrogen-bond acceptors (Lipinski definition) is 6. The first-order valence-electron chi connectivity index (χ1n) is 10.7. The summed E-state index contributed by atoms with van der Waals surface area (Å²) >= 11 is 0. The van der Waals surface area contributed by atoms with Crippen molar-refractivity contribution in [1.29, 1.82) is 0 Å². The Morgan fingerprint density at radius 1 is 0.967 bits per heavy atom. The molecule has 1 N–H and O–H groups in total. The van der Waals surface area contributed by atoms with E-state index in [-0.39, 0.29) is 11.9 Å². The third-order valence-corrected chi connectivity index (χ3v) is 6.79. The summed E-state index contributed by atoms with van der Waals surface area (Å²) in [6.07, 6.45) is 8.71. The summed E-state index contributed by atoms with van der Waals surface area (Å²) in [4.78, 5) is 15.4. The van der Waals surface area contributed by atoms with Crippen molar-refractivity contribution in [3.8, 4) is 0 Å². The highest BCUT2D eigenvalue weighted by Crippen LogP contribution is 2.30. The van der Waals surface area contributed by atoms with E-state index in [1.54, 1.807) is 0 Å². The van der Waals surface area contributed by atoms with Crippen LogP contribution in [0.15, 0.2) is 12.1 Å². The Bertz CT molecular complexity index is 786. The third kappa shape index (κ3) is 6.77. The van der Waals surface area contributed by atoms with Gasteiger partial charge < -0.3 is 5.32 Å². The summed E-state index contributed by atoms with van der Waals surface area (Å²) in [7, 11) is -1.60. The molecule has 7 nitrogen and oxygen atoms in total. The van der Waals surface area contributed by atoms with E-state index in [2.05, 4.69) is 51.5 Å². The third-order valence-electron chi connectivity index (χ3n) is 5.97. The van der Waals surface area contributed by atoms with E-state index in [0.29, 0.717) is 6.04 Å². The van der Waals surface area contributed by atoms with Crippen LogP contribution >= 0.6 is 0 Å². The van der Waals surface area contributed by atoms with Gasteiger partial charge in [-0.15, -0.1) is 0 Å². The number of likely N-dealkylation sites (tertiary alicyclic amines) is 1. The van der Waals surface area contributed by atoms with Crippen LogP contribution in [-0.4, -0.2) is 52.1 Å². The van der Waals surface area contributed by atoms with Crippen molar-refractivity contribution < 1.29 is 21.6 Å². The first-order chi connectivity index (χ1) is 14.2. The Balaban J connectivity index is 0.000000396. The maximum Gasteiger partial charge on any atom is 0.399 e. The van der Waals surface area contributed by atoms with E-state index >= 15 is 0 Å². The summed E-state index contributed by atoms with van der Waals surface area (Å²) in [6.45, 7) is 7.37. The molecule has 30 heavy (non-hydrogen) atoms. The molecule has 2 aliphatic rings. The summed E-state index contributed by atoms with van der Waals surface area (Å²) in [5.41, 5.74) is 4.59. The molecule has 0 bridgehead atoms. The Kier molecular flexibility index (Phi) is 9.28. The number of aryl methyl sites for hydroxylation is 3. The minimum Gasteiger partial charge on any atom is -0.324 e. The molecule has 1 aliphatic heterocycles. The van der Waals surface area contributed by atoms with Crippen molar-refractivity contribution in [2.45, 2.75) is 77.8 Å². The Morgan fingerprint density at radius 3 is 2.03 bits per heavy atom. The van der Waals surface area contributed by atoms with Gasteiger partial charge in [-0.05, 0) is 64.1 Å². The Labute approximate surface area is 181 Å². The van der Waals surface area contributed by atoms with Gasteiger partial charge in [-0.3, -0.25) is 18.1 Å². The zero-order valence-electron chi connectivity index (χ0n) is 18.9. The zero-order chi connectivity index (χ0) is 22.3. The lowest BCUT2D eigenvalue weighted by Crippen LogP contribution is -2.46. The minimum atomic E-state index is -3.66. The van der Waals surface area contributed by atoms with E-state index in [1.807, 2.05) is 0 Å². The number of amides is 1. The van der Waals surface area contributed by atoms with Gasteiger partial charge >= 0.3 is 10.4 Å². The van der Waals surface area contributed by atoms with Gasteiger partial charge in [0.05, 0.1) is 20.3 Å². The van der Waals surface area contributed by atoms with Gasteiger partial charge in [-0.1, -0.05) is 37.0 Å². The standard InChI is InChI=1S/C20H30N2O.C2H6O4S/c1-14-12-15(2)19(16(3)13-14)21-20(23)18-10-7-11-22(18)17-8-5-4-6-9-17;1-5-7(3,4)6-2/h12-13,17-18H,4-11H2,1-3H3,(H,21,23);1-2H3. The van der Waals surface area contributed by atoms with Gasteiger partial charge in [0.15, 0.2) is 0 Å². The average Bonchev–Trinajstić information content (AvgIpc) is 3.22. The van der Waals surface area contributed by atoms with Gasteiger partial charge in [0.2, 0.25) is 5.91 Å². The summed E-state index contributed by atoms with van der Waals surface area (Å²) < 4.78 is 27.5. The smallest absolute Gasteiger partial charge is 0.324 e. The first kappa shape index (κ1) is 24.8. The largest absolute Gasteiger partial charge is 0.399 e. The van der Waals surface area contributed by atoms with Crippen LogP contribution in [0, 0.1) is 20.8 Å². The number of carbonyl (C=O) groups is 1. The van der Waals surface area contributed by atoms with Crippen molar-refractivity contribution in [3.63, 3.8) is 0 Å². The minimum absolute atomic E-state index is 0.0678. The fraction of sp³-hybridized carbons (Fsp3) is 0.682. The molecule has 0 aromatic heterocycles. The van der Waals surface area contributed by atoms with Gasteiger partial charge in [0.1, 0.15) is 0 Å².